The van der Waals surface area contributed by atoms with Crippen molar-refractivity contribution < 1.29 is 0 Å². The van der Waals surface area contributed by atoms with Gasteiger partial charge in [0.15, 0.2) is 0 Å². The van der Waals surface area contributed by atoms with E-state index in [1.54, 1.807) is 0 Å². The summed E-state index contributed by atoms with van der Waals surface area (Å²) in [5.74, 6) is 0. The summed E-state index contributed by atoms with van der Waals surface area (Å²) in [6, 6.07) is 7.47. The number of hydrogen-bond donors (Lipinski definition) is 1. The van der Waals surface area contributed by atoms with Crippen LogP contribution in [0.1, 0.15) is 23.6 Å². The van der Waals surface area contributed by atoms with Gasteiger partial charge in [-0.3, -0.25) is 4.90 Å². The summed E-state index contributed by atoms with van der Waals surface area (Å²) < 4.78 is 0. The van der Waals surface area contributed by atoms with Crippen molar-refractivity contribution in [3.63, 3.8) is 0 Å². The van der Waals surface area contributed by atoms with E-state index in [0.29, 0.717) is 6.04 Å². The molecule has 1 aliphatic heterocycles. The molecule has 1 N–H and O–H groups in total. The van der Waals surface area contributed by atoms with Crippen LogP contribution in [0.15, 0.2) is 18.2 Å². The van der Waals surface area contributed by atoms with Gasteiger partial charge in [-0.1, -0.05) is 18.2 Å². The molecule has 88 valence electrons. The van der Waals surface area contributed by atoms with Crippen molar-refractivity contribution in [1.29, 1.82) is 0 Å². The Bertz CT molecular complexity index is 360. The van der Waals surface area contributed by atoms with Crippen LogP contribution in [-0.2, 0) is 6.54 Å². The third kappa shape index (κ3) is 2.63. The molecule has 0 bridgehead atoms. The number of rotatable bonds is 2. The Kier molecular flexibility index (Phi) is 3.62. The molecule has 2 nitrogen and oxygen atoms in total. The van der Waals surface area contributed by atoms with Gasteiger partial charge >= 0.3 is 0 Å². The molecule has 1 aromatic carbocycles. The standard InChI is InChI=1S/C14H22N2/c1-11-4-5-14(8-12(11)2)10-16-7-6-15-9-13(16)3/h4-5,8,13,15H,6-7,9-10H2,1-3H3/t13-/m0/s1. The molecule has 1 aromatic rings. The zero-order valence-corrected chi connectivity index (χ0v) is 10.6. The molecule has 1 saturated heterocycles. The first-order valence-electron chi connectivity index (χ1n) is 6.17. The molecule has 2 rings (SSSR count). The molecule has 0 unspecified atom stereocenters. The number of aryl methyl sites for hydroxylation is 2. The van der Waals surface area contributed by atoms with Crippen molar-refractivity contribution in [3.05, 3.63) is 34.9 Å². The highest BCUT2D eigenvalue weighted by Gasteiger charge is 2.17. The maximum atomic E-state index is 3.43. The molecule has 0 aliphatic carbocycles. The summed E-state index contributed by atoms with van der Waals surface area (Å²) >= 11 is 0. The highest BCUT2D eigenvalue weighted by molar-refractivity contribution is 5.29. The fourth-order valence-corrected chi connectivity index (χ4v) is 2.25. The second kappa shape index (κ2) is 4.98. The third-order valence-corrected chi connectivity index (χ3v) is 3.60. The highest BCUT2D eigenvalue weighted by Crippen LogP contribution is 2.14. The summed E-state index contributed by atoms with van der Waals surface area (Å²) in [5.41, 5.74) is 4.23. The second-order valence-corrected chi connectivity index (χ2v) is 4.94. The van der Waals surface area contributed by atoms with Crippen LogP contribution in [0.4, 0.5) is 0 Å². The van der Waals surface area contributed by atoms with E-state index in [0.717, 1.165) is 26.2 Å². The van der Waals surface area contributed by atoms with Crippen molar-refractivity contribution in [3.8, 4) is 0 Å². The van der Waals surface area contributed by atoms with Gasteiger partial charge in [0.25, 0.3) is 0 Å². The molecule has 16 heavy (non-hydrogen) atoms. The van der Waals surface area contributed by atoms with Crippen molar-refractivity contribution in [2.45, 2.75) is 33.4 Å². The van der Waals surface area contributed by atoms with Crippen molar-refractivity contribution in [2.24, 2.45) is 0 Å². The summed E-state index contributed by atoms with van der Waals surface area (Å²) in [6.45, 7) is 11.2. The summed E-state index contributed by atoms with van der Waals surface area (Å²) in [4.78, 5) is 2.56. The van der Waals surface area contributed by atoms with Crippen LogP contribution in [0.25, 0.3) is 0 Å². The fraction of sp³-hybridized carbons (Fsp3) is 0.571. The normalized spacial score (nSPS) is 22.3. The third-order valence-electron chi connectivity index (χ3n) is 3.60. The first-order valence-corrected chi connectivity index (χ1v) is 6.17. The van der Waals surface area contributed by atoms with Gasteiger partial charge in [0.1, 0.15) is 0 Å². The van der Waals surface area contributed by atoms with Gasteiger partial charge in [0.05, 0.1) is 0 Å². The van der Waals surface area contributed by atoms with E-state index in [1.807, 2.05) is 0 Å². The van der Waals surface area contributed by atoms with Gasteiger partial charge in [0, 0.05) is 32.2 Å². The lowest BCUT2D eigenvalue weighted by Crippen LogP contribution is -2.49. The van der Waals surface area contributed by atoms with Gasteiger partial charge in [-0.2, -0.15) is 0 Å². The van der Waals surface area contributed by atoms with Crippen molar-refractivity contribution in [1.82, 2.24) is 10.2 Å². The fourth-order valence-electron chi connectivity index (χ4n) is 2.25. The molecule has 0 spiro atoms. The Hall–Kier alpha value is -0.860. The van der Waals surface area contributed by atoms with Gasteiger partial charge in [-0.05, 0) is 37.5 Å². The second-order valence-electron chi connectivity index (χ2n) is 4.94. The Morgan fingerprint density at radius 2 is 2.12 bits per heavy atom. The molecule has 0 radical (unpaired) electrons. The number of hydrogen-bond acceptors (Lipinski definition) is 2. The lowest BCUT2D eigenvalue weighted by molar-refractivity contribution is 0.165. The number of nitrogens with zero attached hydrogens (tertiary/aromatic N) is 1. The lowest BCUT2D eigenvalue weighted by atomic mass is 10.1. The van der Waals surface area contributed by atoms with Gasteiger partial charge in [-0.25, -0.2) is 0 Å². The topological polar surface area (TPSA) is 15.3 Å². The Labute approximate surface area is 98.7 Å². The first-order chi connectivity index (χ1) is 7.66. The molecular formula is C14H22N2. The average Bonchev–Trinajstić information content (AvgIpc) is 2.27. The van der Waals surface area contributed by atoms with E-state index in [1.165, 1.54) is 16.7 Å². The number of piperazine rings is 1. The van der Waals surface area contributed by atoms with Gasteiger partial charge in [-0.15, -0.1) is 0 Å². The molecule has 0 saturated carbocycles. The summed E-state index contributed by atoms with van der Waals surface area (Å²) in [6.07, 6.45) is 0. The Morgan fingerprint density at radius 3 is 2.81 bits per heavy atom. The van der Waals surface area contributed by atoms with Gasteiger partial charge in [0.2, 0.25) is 0 Å². The first kappa shape index (κ1) is 11.6. The maximum Gasteiger partial charge on any atom is 0.0237 e. The van der Waals surface area contributed by atoms with Crippen LogP contribution in [0.2, 0.25) is 0 Å². The molecule has 2 heteroatoms. The largest absolute Gasteiger partial charge is 0.314 e. The number of benzene rings is 1. The van der Waals surface area contributed by atoms with E-state index in [9.17, 15) is 0 Å². The van der Waals surface area contributed by atoms with Crippen LogP contribution < -0.4 is 5.32 Å². The molecule has 0 aromatic heterocycles. The highest BCUT2D eigenvalue weighted by atomic mass is 15.2. The monoisotopic (exact) mass is 218 g/mol. The van der Waals surface area contributed by atoms with E-state index < -0.39 is 0 Å². The average molecular weight is 218 g/mol. The van der Waals surface area contributed by atoms with Crippen LogP contribution in [-0.4, -0.2) is 30.6 Å². The molecule has 1 heterocycles. The minimum atomic E-state index is 0.648. The predicted octanol–water partition coefficient (Wildman–Crippen LogP) is 2.10. The minimum absolute atomic E-state index is 0.648. The number of nitrogens with one attached hydrogen (secondary N) is 1. The van der Waals surface area contributed by atoms with Crippen LogP contribution in [0.3, 0.4) is 0 Å². The van der Waals surface area contributed by atoms with E-state index in [-0.39, 0.29) is 0 Å². The lowest BCUT2D eigenvalue weighted by Gasteiger charge is -2.34. The summed E-state index contributed by atoms with van der Waals surface area (Å²) in [7, 11) is 0. The Balaban J connectivity index is 2.05. The van der Waals surface area contributed by atoms with Crippen LogP contribution in [0.5, 0.6) is 0 Å². The molecule has 1 atom stereocenters. The van der Waals surface area contributed by atoms with Crippen molar-refractivity contribution >= 4 is 0 Å². The zero-order valence-electron chi connectivity index (χ0n) is 10.6. The molecular weight excluding hydrogens is 196 g/mol. The molecule has 0 amide bonds. The van der Waals surface area contributed by atoms with E-state index in [4.69, 9.17) is 0 Å². The minimum Gasteiger partial charge on any atom is -0.314 e. The zero-order chi connectivity index (χ0) is 11.5. The SMILES string of the molecule is Cc1ccc(CN2CCNC[C@@H]2C)cc1C. The van der Waals surface area contributed by atoms with Crippen LogP contribution >= 0.6 is 0 Å². The van der Waals surface area contributed by atoms with Gasteiger partial charge < -0.3 is 5.32 Å². The quantitative estimate of drug-likeness (QED) is 0.818. The van der Waals surface area contributed by atoms with Crippen molar-refractivity contribution in [2.75, 3.05) is 19.6 Å². The molecule has 1 aliphatic rings. The molecule has 1 fully saturated rings. The van der Waals surface area contributed by atoms with E-state index in [2.05, 4.69) is 49.2 Å². The smallest absolute Gasteiger partial charge is 0.0237 e. The van der Waals surface area contributed by atoms with E-state index >= 15 is 0 Å². The maximum absolute atomic E-state index is 3.43. The predicted molar refractivity (Wildman–Crippen MR) is 68.7 cm³/mol. The Morgan fingerprint density at radius 1 is 1.31 bits per heavy atom. The summed E-state index contributed by atoms with van der Waals surface area (Å²) in [5, 5.41) is 3.43. The van der Waals surface area contributed by atoms with Crippen LogP contribution in [0, 0.1) is 13.8 Å².